The predicted molar refractivity (Wildman–Crippen MR) is 68.9 cm³/mol. The van der Waals surface area contributed by atoms with E-state index in [4.69, 9.17) is 5.11 Å². The van der Waals surface area contributed by atoms with Crippen molar-refractivity contribution in [3.8, 4) is 0 Å². The Hall–Kier alpha value is -1.35. The van der Waals surface area contributed by atoms with Gasteiger partial charge < -0.3 is 5.11 Å². The summed E-state index contributed by atoms with van der Waals surface area (Å²) in [6.45, 7) is 5.96. The Morgan fingerprint density at radius 3 is 2.29 bits per heavy atom. The Kier molecular flexibility index (Phi) is 5.16. The molecule has 0 heterocycles. The minimum absolute atomic E-state index is 0.0994. The van der Waals surface area contributed by atoms with E-state index in [0.717, 1.165) is 12.0 Å². The van der Waals surface area contributed by atoms with Gasteiger partial charge in [0.25, 0.3) is 0 Å². The van der Waals surface area contributed by atoms with Crippen LogP contribution in [0, 0.1) is 5.92 Å². The van der Waals surface area contributed by atoms with Crippen LogP contribution in [0.4, 0.5) is 0 Å². The number of aliphatic carboxylic acids is 1. The number of nitrogens with one attached hydrogen (secondary N) is 1. The van der Waals surface area contributed by atoms with E-state index in [1.165, 1.54) is 0 Å². The second-order valence-electron chi connectivity index (χ2n) is 4.82. The zero-order chi connectivity index (χ0) is 12.8. The molecule has 0 saturated heterocycles. The lowest BCUT2D eigenvalue weighted by Gasteiger charge is -2.23. The second-order valence-corrected chi connectivity index (χ2v) is 4.82. The zero-order valence-corrected chi connectivity index (χ0v) is 10.7. The van der Waals surface area contributed by atoms with E-state index in [-0.39, 0.29) is 6.04 Å². The summed E-state index contributed by atoms with van der Waals surface area (Å²) in [4.78, 5) is 10.9. The van der Waals surface area contributed by atoms with Crippen LogP contribution in [-0.4, -0.2) is 17.1 Å². The normalized spacial score (nSPS) is 14.6. The van der Waals surface area contributed by atoms with E-state index in [2.05, 4.69) is 19.2 Å². The Labute approximate surface area is 103 Å². The van der Waals surface area contributed by atoms with Crippen molar-refractivity contribution in [3.05, 3.63) is 35.9 Å². The molecule has 1 aromatic carbocycles. The van der Waals surface area contributed by atoms with Crippen molar-refractivity contribution in [1.82, 2.24) is 5.32 Å². The summed E-state index contributed by atoms with van der Waals surface area (Å²) >= 11 is 0. The minimum atomic E-state index is -0.810. The Morgan fingerprint density at radius 1 is 1.24 bits per heavy atom. The lowest BCUT2D eigenvalue weighted by atomic mass is 9.96. The summed E-state index contributed by atoms with van der Waals surface area (Å²) in [5, 5.41) is 12.1. The number of rotatable bonds is 6. The maximum absolute atomic E-state index is 10.9. The van der Waals surface area contributed by atoms with Crippen LogP contribution in [0.3, 0.4) is 0 Å². The average molecular weight is 235 g/mol. The topological polar surface area (TPSA) is 49.3 Å². The van der Waals surface area contributed by atoms with Crippen molar-refractivity contribution in [2.75, 3.05) is 0 Å². The first kappa shape index (κ1) is 13.7. The van der Waals surface area contributed by atoms with Crippen LogP contribution < -0.4 is 5.32 Å². The van der Waals surface area contributed by atoms with Crippen molar-refractivity contribution < 1.29 is 9.90 Å². The highest BCUT2D eigenvalue weighted by Gasteiger charge is 2.19. The minimum Gasteiger partial charge on any atom is -0.480 e. The molecule has 0 aliphatic carbocycles. The molecule has 0 saturated carbocycles. The third-order valence-corrected chi connectivity index (χ3v) is 2.73. The van der Waals surface area contributed by atoms with E-state index in [9.17, 15) is 4.79 Å². The fourth-order valence-corrected chi connectivity index (χ4v) is 1.83. The molecular formula is C14H21NO2. The molecule has 94 valence electrons. The van der Waals surface area contributed by atoms with Gasteiger partial charge in [0.15, 0.2) is 0 Å². The zero-order valence-electron chi connectivity index (χ0n) is 10.7. The Balaban J connectivity index is 2.77. The van der Waals surface area contributed by atoms with Gasteiger partial charge in [0, 0.05) is 6.04 Å². The number of hydrogen-bond acceptors (Lipinski definition) is 2. The quantitative estimate of drug-likeness (QED) is 0.797. The van der Waals surface area contributed by atoms with E-state index in [0.29, 0.717) is 5.92 Å². The third kappa shape index (κ3) is 4.57. The number of carbonyl (C=O) groups is 1. The number of carboxylic acids is 1. The molecule has 0 aromatic heterocycles. The second kappa shape index (κ2) is 6.40. The molecule has 0 bridgehead atoms. The Bertz CT molecular complexity index is 348. The summed E-state index contributed by atoms with van der Waals surface area (Å²) in [6, 6.07) is 9.58. The summed E-state index contributed by atoms with van der Waals surface area (Å²) < 4.78 is 0. The molecule has 1 aromatic rings. The van der Waals surface area contributed by atoms with Gasteiger partial charge in [0.05, 0.1) is 0 Å². The first-order valence-corrected chi connectivity index (χ1v) is 6.04. The highest BCUT2D eigenvalue weighted by molar-refractivity contribution is 5.72. The standard InChI is InChI=1S/C14H21NO2/c1-10(2)9-13(15-11(3)14(16)17)12-7-5-4-6-8-12/h4-8,10-11,13,15H,9H2,1-3H3,(H,16,17). The molecule has 17 heavy (non-hydrogen) atoms. The van der Waals surface area contributed by atoms with Crippen molar-refractivity contribution >= 4 is 5.97 Å². The van der Waals surface area contributed by atoms with Crippen molar-refractivity contribution in [2.24, 2.45) is 5.92 Å². The molecule has 0 spiro atoms. The molecule has 2 atom stereocenters. The maximum Gasteiger partial charge on any atom is 0.320 e. The molecule has 2 unspecified atom stereocenters. The van der Waals surface area contributed by atoms with E-state index in [1.54, 1.807) is 6.92 Å². The first-order chi connectivity index (χ1) is 8.00. The van der Waals surface area contributed by atoms with E-state index in [1.807, 2.05) is 30.3 Å². The highest BCUT2D eigenvalue weighted by atomic mass is 16.4. The van der Waals surface area contributed by atoms with E-state index < -0.39 is 12.0 Å². The average Bonchev–Trinajstić information content (AvgIpc) is 2.28. The van der Waals surface area contributed by atoms with Crippen LogP contribution in [0.5, 0.6) is 0 Å². The van der Waals surface area contributed by atoms with Crippen LogP contribution in [-0.2, 0) is 4.79 Å². The van der Waals surface area contributed by atoms with Gasteiger partial charge in [-0.25, -0.2) is 0 Å². The first-order valence-electron chi connectivity index (χ1n) is 6.04. The SMILES string of the molecule is CC(C)CC(NC(C)C(=O)O)c1ccccc1. The lowest BCUT2D eigenvalue weighted by Crippen LogP contribution is -2.37. The van der Waals surface area contributed by atoms with Crippen LogP contribution in [0.25, 0.3) is 0 Å². The number of benzene rings is 1. The summed E-state index contributed by atoms with van der Waals surface area (Å²) in [5.41, 5.74) is 1.15. The summed E-state index contributed by atoms with van der Waals surface area (Å²) in [6.07, 6.45) is 0.932. The molecule has 0 amide bonds. The fourth-order valence-electron chi connectivity index (χ4n) is 1.83. The van der Waals surface area contributed by atoms with Crippen LogP contribution in [0.1, 0.15) is 38.8 Å². The Morgan fingerprint density at radius 2 is 1.82 bits per heavy atom. The molecule has 0 fully saturated rings. The van der Waals surface area contributed by atoms with E-state index >= 15 is 0 Å². The summed E-state index contributed by atoms with van der Waals surface area (Å²) in [5.74, 6) is -0.289. The molecule has 1 rings (SSSR count). The van der Waals surface area contributed by atoms with Gasteiger partial charge in [0.1, 0.15) is 6.04 Å². The van der Waals surface area contributed by atoms with Crippen molar-refractivity contribution in [1.29, 1.82) is 0 Å². The van der Waals surface area contributed by atoms with Gasteiger partial charge in [-0.3, -0.25) is 10.1 Å². The molecular weight excluding hydrogens is 214 g/mol. The van der Waals surface area contributed by atoms with Crippen LogP contribution in [0.2, 0.25) is 0 Å². The largest absolute Gasteiger partial charge is 0.480 e. The molecule has 3 heteroatoms. The number of hydrogen-bond donors (Lipinski definition) is 2. The van der Waals surface area contributed by atoms with Gasteiger partial charge in [-0.2, -0.15) is 0 Å². The lowest BCUT2D eigenvalue weighted by molar-refractivity contribution is -0.139. The van der Waals surface area contributed by atoms with Crippen LogP contribution in [0.15, 0.2) is 30.3 Å². The monoisotopic (exact) mass is 235 g/mol. The number of carboxylic acid groups (broad SMARTS) is 1. The predicted octanol–water partition coefficient (Wildman–Crippen LogP) is 2.84. The van der Waals surface area contributed by atoms with Gasteiger partial charge >= 0.3 is 5.97 Å². The highest BCUT2D eigenvalue weighted by Crippen LogP contribution is 2.21. The molecule has 0 radical (unpaired) electrons. The molecule has 3 nitrogen and oxygen atoms in total. The van der Waals surface area contributed by atoms with Gasteiger partial charge in [0.2, 0.25) is 0 Å². The van der Waals surface area contributed by atoms with Gasteiger partial charge in [-0.1, -0.05) is 44.2 Å². The van der Waals surface area contributed by atoms with Crippen LogP contribution >= 0.6 is 0 Å². The van der Waals surface area contributed by atoms with Crippen molar-refractivity contribution in [2.45, 2.75) is 39.3 Å². The smallest absolute Gasteiger partial charge is 0.320 e. The maximum atomic E-state index is 10.9. The summed E-state index contributed by atoms with van der Waals surface area (Å²) in [7, 11) is 0. The third-order valence-electron chi connectivity index (χ3n) is 2.73. The molecule has 0 aliphatic rings. The fraction of sp³-hybridized carbons (Fsp3) is 0.500. The van der Waals surface area contributed by atoms with Gasteiger partial charge in [-0.15, -0.1) is 0 Å². The molecule has 0 aliphatic heterocycles. The van der Waals surface area contributed by atoms with Crippen molar-refractivity contribution in [3.63, 3.8) is 0 Å². The molecule has 2 N–H and O–H groups in total. The van der Waals surface area contributed by atoms with Gasteiger partial charge in [-0.05, 0) is 24.8 Å².